The van der Waals surface area contributed by atoms with E-state index in [1.165, 1.54) is 6.33 Å². The van der Waals surface area contributed by atoms with Gasteiger partial charge < -0.3 is 19.9 Å². The predicted octanol–water partition coefficient (Wildman–Crippen LogP) is 0.602. The third kappa shape index (κ3) is 4.12. The summed E-state index contributed by atoms with van der Waals surface area (Å²) >= 11 is 0. The van der Waals surface area contributed by atoms with E-state index in [0.717, 1.165) is 18.5 Å². The molecule has 0 aliphatic carbocycles. The number of ether oxygens (including phenoxy) is 2. The van der Waals surface area contributed by atoms with Crippen LogP contribution < -0.4 is 14.8 Å². The van der Waals surface area contributed by atoms with E-state index in [9.17, 15) is 0 Å². The van der Waals surface area contributed by atoms with Crippen LogP contribution in [-0.2, 0) is 6.54 Å². The van der Waals surface area contributed by atoms with Gasteiger partial charge in [0.05, 0.1) is 19.8 Å². The Hall–Kier alpha value is -1.40. The van der Waals surface area contributed by atoms with Crippen LogP contribution >= 0.6 is 0 Å². The van der Waals surface area contributed by atoms with Crippen LogP contribution in [0.4, 0.5) is 0 Å². The van der Waals surface area contributed by atoms with Crippen LogP contribution in [0.2, 0.25) is 0 Å². The molecule has 102 valence electrons. The molecule has 6 heteroatoms. The minimum atomic E-state index is 0.212. The summed E-state index contributed by atoms with van der Waals surface area (Å²) in [4.78, 5) is 8.09. The van der Waals surface area contributed by atoms with Crippen LogP contribution in [0.25, 0.3) is 0 Å². The highest BCUT2D eigenvalue weighted by Gasteiger charge is 2.12. The number of hydrogen-bond donors (Lipinski definition) is 2. The Morgan fingerprint density at radius 1 is 1.28 bits per heavy atom. The van der Waals surface area contributed by atoms with Crippen LogP contribution in [0, 0.1) is 5.92 Å². The zero-order valence-corrected chi connectivity index (χ0v) is 11.1. The first kappa shape index (κ1) is 14.7. The zero-order valence-electron chi connectivity index (χ0n) is 11.1. The van der Waals surface area contributed by atoms with Crippen LogP contribution in [-0.4, -0.2) is 42.4 Å². The van der Waals surface area contributed by atoms with Gasteiger partial charge in [-0.15, -0.1) is 0 Å². The van der Waals surface area contributed by atoms with Gasteiger partial charge in [0, 0.05) is 13.2 Å². The summed E-state index contributed by atoms with van der Waals surface area (Å²) in [7, 11) is 3.14. The fraction of sp³-hybridized carbons (Fsp3) is 0.667. The Morgan fingerprint density at radius 2 is 1.89 bits per heavy atom. The minimum absolute atomic E-state index is 0.212. The van der Waals surface area contributed by atoms with Crippen molar-refractivity contribution in [2.75, 3.05) is 27.4 Å². The van der Waals surface area contributed by atoms with E-state index in [2.05, 4.69) is 22.2 Å². The van der Waals surface area contributed by atoms with Gasteiger partial charge in [0.25, 0.3) is 0 Å². The van der Waals surface area contributed by atoms with Crippen molar-refractivity contribution in [3.63, 3.8) is 0 Å². The molecule has 0 amide bonds. The minimum Gasteiger partial charge on any atom is -0.481 e. The maximum absolute atomic E-state index is 8.83. The lowest BCUT2D eigenvalue weighted by atomic mass is 10.1. The van der Waals surface area contributed by atoms with Gasteiger partial charge in [-0.05, 0) is 18.9 Å². The molecule has 0 aromatic carbocycles. The number of methoxy groups -OCH3 is 2. The maximum atomic E-state index is 8.83. The van der Waals surface area contributed by atoms with Crippen molar-refractivity contribution >= 4 is 0 Å². The molecular formula is C12H21N3O3. The lowest BCUT2D eigenvalue weighted by Crippen LogP contribution is -2.22. The average molecular weight is 255 g/mol. The second-order valence-electron chi connectivity index (χ2n) is 4.12. The number of nitrogens with zero attached hydrogens (tertiary/aromatic N) is 2. The molecule has 2 N–H and O–H groups in total. The molecule has 0 saturated carbocycles. The van der Waals surface area contributed by atoms with Gasteiger partial charge in [0.2, 0.25) is 11.8 Å². The Morgan fingerprint density at radius 3 is 2.39 bits per heavy atom. The standard InChI is InChI=1S/C12H21N3O3/c1-9(4-5-16)6-13-7-10-11(17-2)14-8-15-12(10)18-3/h8-9,13,16H,4-7H2,1-3H3. The first-order valence-electron chi connectivity index (χ1n) is 5.96. The molecular weight excluding hydrogens is 234 g/mol. The van der Waals surface area contributed by atoms with Crippen molar-refractivity contribution in [3.8, 4) is 11.8 Å². The van der Waals surface area contributed by atoms with Gasteiger partial charge in [0.15, 0.2) is 0 Å². The quantitative estimate of drug-likeness (QED) is 0.708. The van der Waals surface area contributed by atoms with Crippen molar-refractivity contribution in [2.24, 2.45) is 5.92 Å². The normalized spacial score (nSPS) is 12.2. The van der Waals surface area contributed by atoms with Gasteiger partial charge in [-0.3, -0.25) is 0 Å². The van der Waals surface area contributed by atoms with Crippen LogP contribution in [0.1, 0.15) is 18.9 Å². The van der Waals surface area contributed by atoms with Gasteiger partial charge in [-0.1, -0.05) is 6.92 Å². The van der Waals surface area contributed by atoms with Crippen molar-refractivity contribution in [1.82, 2.24) is 15.3 Å². The van der Waals surface area contributed by atoms with Crippen LogP contribution in [0.5, 0.6) is 11.8 Å². The van der Waals surface area contributed by atoms with Crippen molar-refractivity contribution < 1.29 is 14.6 Å². The molecule has 0 bridgehead atoms. The van der Waals surface area contributed by atoms with Gasteiger partial charge in [0.1, 0.15) is 6.33 Å². The van der Waals surface area contributed by atoms with E-state index in [0.29, 0.717) is 24.2 Å². The third-order valence-corrected chi connectivity index (χ3v) is 2.67. The lowest BCUT2D eigenvalue weighted by molar-refractivity contribution is 0.259. The van der Waals surface area contributed by atoms with E-state index in [1.807, 2.05) is 0 Å². The van der Waals surface area contributed by atoms with Crippen LogP contribution in [0.15, 0.2) is 6.33 Å². The molecule has 0 saturated heterocycles. The smallest absolute Gasteiger partial charge is 0.224 e. The first-order valence-corrected chi connectivity index (χ1v) is 5.96. The molecule has 0 aliphatic heterocycles. The number of rotatable bonds is 8. The Labute approximate surface area is 107 Å². The van der Waals surface area contributed by atoms with E-state index < -0.39 is 0 Å². The van der Waals surface area contributed by atoms with Crippen molar-refractivity contribution in [1.29, 1.82) is 0 Å². The third-order valence-electron chi connectivity index (χ3n) is 2.67. The number of aliphatic hydroxyl groups is 1. The summed E-state index contributed by atoms with van der Waals surface area (Å²) in [6, 6.07) is 0. The summed E-state index contributed by atoms with van der Waals surface area (Å²) < 4.78 is 10.4. The summed E-state index contributed by atoms with van der Waals surface area (Å²) in [6.07, 6.45) is 2.20. The summed E-state index contributed by atoms with van der Waals surface area (Å²) in [5, 5.41) is 12.1. The number of aliphatic hydroxyl groups excluding tert-OH is 1. The number of nitrogens with one attached hydrogen (secondary N) is 1. The molecule has 1 rings (SSSR count). The molecule has 18 heavy (non-hydrogen) atoms. The maximum Gasteiger partial charge on any atom is 0.224 e. The molecule has 0 aliphatic rings. The predicted molar refractivity (Wildman–Crippen MR) is 67.7 cm³/mol. The first-order chi connectivity index (χ1) is 8.72. The molecule has 6 nitrogen and oxygen atoms in total. The molecule has 1 unspecified atom stereocenters. The van der Waals surface area contributed by atoms with Crippen LogP contribution in [0.3, 0.4) is 0 Å². The second-order valence-corrected chi connectivity index (χ2v) is 4.12. The summed E-state index contributed by atoms with van der Waals surface area (Å²) in [6.45, 7) is 3.67. The lowest BCUT2D eigenvalue weighted by Gasteiger charge is -2.14. The zero-order chi connectivity index (χ0) is 13.4. The topological polar surface area (TPSA) is 76.5 Å². The Bertz CT molecular complexity index is 338. The van der Waals surface area contributed by atoms with Gasteiger partial charge in [-0.25, -0.2) is 9.97 Å². The molecule has 0 fully saturated rings. The van der Waals surface area contributed by atoms with E-state index in [-0.39, 0.29) is 6.61 Å². The van der Waals surface area contributed by atoms with E-state index in [1.54, 1.807) is 14.2 Å². The van der Waals surface area contributed by atoms with E-state index >= 15 is 0 Å². The number of aromatic nitrogens is 2. The number of hydrogen-bond acceptors (Lipinski definition) is 6. The second kappa shape index (κ2) is 7.84. The molecule has 0 radical (unpaired) electrons. The molecule has 1 aromatic heterocycles. The average Bonchev–Trinajstić information content (AvgIpc) is 2.39. The van der Waals surface area contributed by atoms with E-state index in [4.69, 9.17) is 14.6 Å². The Kier molecular flexibility index (Phi) is 6.38. The van der Waals surface area contributed by atoms with Crippen molar-refractivity contribution in [2.45, 2.75) is 19.9 Å². The van der Waals surface area contributed by atoms with Crippen molar-refractivity contribution in [3.05, 3.63) is 11.9 Å². The highest BCUT2D eigenvalue weighted by atomic mass is 16.5. The highest BCUT2D eigenvalue weighted by molar-refractivity contribution is 5.34. The SMILES string of the molecule is COc1ncnc(OC)c1CNCC(C)CCO. The molecule has 1 atom stereocenters. The summed E-state index contributed by atoms with van der Waals surface area (Å²) in [5.74, 6) is 1.45. The fourth-order valence-corrected chi connectivity index (χ4v) is 1.65. The van der Waals surface area contributed by atoms with Gasteiger partial charge in [-0.2, -0.15) is 0 Å². The highest BCUT2D eigenvalue weighted by Crippen LogP contribution is 2.22. The molecule has 1 heterocycles. The molecule has 1 aromatic rings. The molecule has 0 spiro atoms. The fourth-order valence-electron chi connectivity index (χ4n) is 1.65. The van der Waals surface area contributed by atoms with Gasteiger partial charge >= 0.3 is 0 Å². The summed E-state index contributed by atoms with van der Waals surface area (Å²) in [5.41, 5.74) is 0.804. The monoisotopic (exact) mass is 255 g/mol. The Balaban J connectivity index is 2.60. The largest absolute Gasteiger partial charge is 0.481 e.